The van der Waals surface area contributed by atoms with E-state index < -0.39 is 28.3 Å². The van der Waals surface area contributed by atoms with E-state index in [1.54, 1.807) is 24.3 Å². The smallest absolute Gasteiger partial charge is 0.417 e. The highest BCUT2D eigenvalue weighted by atomic mass is 35.5. The average molecular weight is 369 g/mol. The molecule has 2 aromatic heterocycles. The first kappa shape index (κ1) is 17.0. The summed E-state index contributed by atoms with van der Waals surface area (Å²) in [6.07, 6.45) is -4.08. The van der Waals surface area contributed by atoms with Crippen molar-refractivity contribution in [3.63, 3.8) is 0 Å². The third-order valence-corrected chi connectivity index (χ3v) is 3.57. The van der Waals surface area contributed by atoms with E-state index in [-0.39, 0.29) is 11.4 Å². The molecule has 0 radical (unpaired) electrons. The Kier molecular flexibility index (Phi) is 4.22. The van der Waals surface area contributed by atoms with Gasteiger partial charge in [0.25, 0.3) is 5.91 Å². The van der Waals surface area contributed by atoms with E-state index in [0.29, 0.717) is 23.2 Å². The van der Waals surface area contributed by atoms with Crippen LogP contribution in [0.5, 0.6) is 0 Å². The molecular weight excluding hydrogens is 361 g/mol. The van der Waals surface area contributed by atoms with Crippen molar-refractivity contribution in [1.29, 1.82) is 0 Å². The van der Waals surface area contributed by atoms with Gasteiger partial charge >= 0.3 is 11.8 Å². The SMILES string of the molecule is O=C(Nc1ncc(C(F)(F)F)cc1Cl)c1cc2ccccc2oc1=O. The second-order valence-electron chi connectivity index (χ2n) is 4.99. The summed E-state index contributed by atoms with van der Waals surface area (Å²) in [5.41, 5.74) is -1.97. The quantitative estimate of drug-likeness (QED) is 0.691. The van der Waals surface area contributed by atoms with Gasteiger partial charge in [0.05, 0.1) is 10.6 Å². The number of para-hydroxylation sites is 1. The predicted molar refractivity (Wildman–Crippen MR) is 84.7 cm³/mol. The molecule has 1 aromatic carbocycles. The Morgan fingerprint density at radius 1 is 1.20 bits per heavy atom. The first-order valence-corrected chi connectivity index (χ1v) is 7.20. The first-order valence-electron chi connectivity index (χ1n) is 6.82. The highest BCUT2D eigenvalue weighted by Crippen LogP contribution is 2.32. The van der Waals surface area contributed by atoms with Gasteiger partial charge in [0.2, 0.25) is 0 Å². The van der Waals surface area contributed by atoms with Crippen molar-refractivity contribution in [2.45, 2.75) is 6.18 Å². The molecule has 0 aliphatic carbocycles. The fourth-order valence-corrected chi connectivity index (χ4v) is 2.29. The van der Waals surface area contributed by atoms with Crippen LogP contribution in [0.15, 0.2) is 51.8 Å². The zero-order chi connectivity index (χ0) is 18.2. The number of fused-ring (bicyclic) bond motifs is 1. The number of carbonyl (C=O) groups is 1. The molecule has 128 valence electrons. The lowest BCUT2D eigenvalue weighted by atomic mass is 10.2. The summed E-state index contributed by atoms with van der Waals surface area (Å²) >= 11 is 5.72. The third kappa shape index (κ3) is 3.48. The average Bonchev–Trinajstić information content (AvgIpc) is 2.55. The maximum atomic E-state index is 12.6. The molecule has 0 aliphatic heterocycles. The molecule has 0 spiro atoms. The highest BCUT2D eigenvalue weighted by Gasteiger charge is 2.31. The van der Waals surface area contributed by atoms with Crippen LogP contribution >= 0.6 is 11.6 Å². The normalized spacial score (nSPS) is 11.5. The Bertz CT molecular complexity index is 1030. The standard InChI is InChI=1S/C16H8ClF3N2O3/c17-11-6-9(16(18,19)20)7-21-13(11)22-14(23)10-5-8-3-1-2-4-12(8)25-15(10)24/h1-7H,(H,21,22,23). The maximum absolute atomic E-state index is 12.6. The number of alkyl halides is 3. The molecule has 0 atom stereocenters. The van der Waals surface area contributed by atoms with Crippen molar-refractivity contribution in [3.05, 3.63) is 69.2 Å². The number of hydrogen-bond acceptors (Lipinski definition) is 4. The van der Waals surface area contributed by atoms with Gasteiger partial charge in [-0.05, 0) is 18.2 Å². The number of hydrogen-bond donors (Lipinski definition) is 1. The number of pyridine rings is 1. The van der Waals surface area contributed by atoms with E-state index in [2.05, 4.69) is 10.3 Å². The lowest BCUT2D eigenvalue weighted by Crippen LogP contribution is -2.21. The zero-order valence-electron chi connectivity index (χ0n) is 12.2. The molecule has 3 rings (SSSR count). The molecule has 9 heteroatoms. The van der Waals surface area contributed by atoms with Crippen molar-refractivity contribution < 1.29 is 22.4 Å². The summed E-state index contributed by atoms with van der Waals surface area (Å²) in [6.45, 7) is 0. The molecule has 1 amide bonds. The summed E-state index contributed by atoms with van der Waals surface area (Å²) in [5.74, 6) is -1.19. The van der Waals surface area contributed by atoms with Crippen molar-refractivity contribution >= 4 is 34.3 Å². The van der Waals surface area contributed by atoms with Crippen molar-refractivity contribution in [1.82, 2.24) is 4.98 Å². The lowest BCUT2D eigenvalue weighted by Gasteiger charge is -2.10. The summed E-state index contributed by atoms with van der Waals surface area (Å²) in [5, 5.41) is 2.31. The molecule has 0 saturated heterocycles. The largest absolute Gasteiger partial charge is 0.422 e. The van der Waals surface area contributed by atoms with Crippen LogP contribution in [0.1, 0.15) is 15.9 Å². The van der Waals surface area contributed by atoms with Gasteiger partial charge in [-0.3, -0.25) is 4.79 Å². The van der Waals surface area contributed by atoms with Gasteiger partial charge in [-0.1, -0.05) is 29.8 Å². The van der Waals surface area contributed by atoms with E-state index in [9.17, 15) is 22.8 Å². The van der Waals surface area contributed by atoms with E-state index in [1.807, 2.05) is 0 Å². The van der Waals surface area contributed by atoms with Gasteiger partial charge in [-0.15, -0.1) is 0 Å². The molecule has 1 N–H and O–H groups in total. The number of nitrogens with one attached hydrogen (secondary N) is 1. The molecule has 0 aliphatic rings. The van der Waals surface area contributed by atoms with Crippen LogP contribution in [0.4, 0.5) is 19.0 Å². The van der Waals surface area contributed by atoms with Crippen molar-refractivity contribution in [2.75, 3.05) is 5.32 Å². The second kappa shape index (κ2) is 6.21. The number of carbonyl (C=O) groups excluding carboxylic acids is 1. The number of halogens is 4. The van der Waals surface area contributed by atoms with Crippen LogP contribution in [0, 0.1) is 0 Å². The monoisotopic (exact) mass is 368 g/mol. The minimum absolute atomic E-state index is 0.299. The van der Waals surface area contributed by atoms with Gasteiger partial charge in [-0.25, -0.2) is 9.78 Å². The zero-order valence-corrected chi connectivity index (χ0v) is 13.0. The fourth-order valence-electron chi connectivity index (χ4n) is 2.08. The number of amides is 1. The number of nitrogens with zero attached hydrogens (tertiary/aromatic N) is 1. The summed E-state index contributed by atoms with van der Waals surface area (Å²) in [6, 6.07) is 8.50. The Hall–Kier alpha value is -2.87. The van der Waals surface area contributed by atoms with Crippen molar-refractivity contribution in [2.24, 2.45) is 0 Å². The van der Waals surface area contributed by atoms with Crippen LogP contribution < -0.4 is 10.9 Å². The Balaban J connectivity index is 1.93. The number of benzene rings is 1. The lowest BCUT2D eigenvalue weighted by molar-refractivity contribution is -0.137. The van der Waals surface area contributed by atoms with Crippen LogP contribution in [0.3, 0.4) is 0 Å². The minimum atomic E-state index is -4.61. The molecule has 0 saturated carbocycles. The summed E-state index contributed by atoms with van der Waals surface area (Å²) < 4.78 is 42.8. The number of rotatable bonds is 2. The Labute approximate surface area is 143 Å². The molecule has 25 heavy (non-hydrogen) atoms. The molecule has 3 aromatic rings. The van der Waals surface area contributed by atoms with Crippen LogP contribution in [-0.2, 0) is 6.18 Å². The van der Waals surface area contributed by atoms with Gasteiger partial charge in [0.15, 0.2) is 5.82 Å². The fraction of sp³-hybridized carbons (Fsp3) is 0.0625. The third-order valence-electron chi connectivity index (χ3n) is 3.29. The van der Waals surface area contributed by atoms with E-state index in [1.165, 1.54) is 6.07 Å². The summed E-state index contributed by atoms with van der Waals surface area (Å²) in [7, 11) is 0. The maximum Gasteiger partial charge on any atom is 0.417 e. The second-order valence-corrected chi connectivity index (χ2v) is 5.40. The molecule has 0 bridgehead atoms. The Morgan fingerprint density at radius 3 is 2.60 bits per heavy atom. The summed E-state index contributed by atoms with van der Waals surface area (Å²) in [4.78, 5) is 27.6. The number of anilines is 1. The predicted octanol–water partition coefficient (Wildman–Crippen LogP) is 4.11. The molecular formula is C16H8ClF3N2O3. The van der Waals surface area contributed by atoms with E-state index >= 15 is 0 Å². The van der Waals surface area contributed by atoms with Crippen LogP contribution in [0.2, 0.25) is 5.02 Å². The van der Waals surface area contributed by atoms with E-state index in [4.69, 9.17) is 16.0 Å². The Morgan fingerprint density at radius 2 is 1.92 bits per heavy atom. The minimum Gasteiger partial charge on any atom is -0.422 e. The van der Waals surface area contributed by atoms with Crippen LogP contribution in [0.25, 0.3) is 11.0 Å². The van der Waals surface area contributed by atoms with Crippen LogP contribution in [-0.4, -0.2) is 10.9 Å². The molecule has 5 nitrogen and oxygen atoms in total. The molecule has 0 fully saturated rings. The first-order chi connectivity index (χ1) is 11.8. The molecule has 2 heterocycles. The van der Waals surface area contributed by atoms with E-state index in [0.717, 1.165) is 0 Å². The van der Waals surface area contributed by atoms with Gasteiger partial charge in [0.1, 0.15) is 11.1 Å². The van der Waals surface area contributed by atoms with Gasteiger partial charge < -0.3 is 9.73 Å². The number of aromatic nitrogens is 1. The topological polar surface area (TPSA) is 72.2 Å². The molecule has 0 unspecified atom stereocenters. The van der Waals surface area contributed by atoms with Gasteiger partial charge in [0, 0.05) is 11.6 Å². The highest BCUT2D eigenvalue weighted by molar-refractivity contribution is 6.33. The van der Waals surface area contributed by atoms with Gasteiger partial charge in [-0.2, -0.15) is 13.2 Å². The van der Waals surface area contributed by atoms with Crippen molar-refractivity contribution in [3.8, 4) is 0 Å².